The van der Waals surface area contributed by atoms with E-state index in [4.69, 9.17) is 12.2 Å². The molecule has 0 unspecified atom stereocenters. The van der Waals surface area contributed by atoms with Gasteiger partial charge in [0.2, 0.25) is 0 Å². The first-order valence-corrected chi connectivity index (χ1v) is 4.73. The third kappa shape index (κ3) is 26.0. The Kier molecular flexibility index (Phi) is 49.7. The van der Waals surface area contributed by atoms with E-state index >= 15 is 0 Å². The fraction of sp³-hybridized carbons (Fsp3) is 0.375. The van der Waals surface area contributed by atoms with Gasteiger partial charge in [0, 0.05) is 3.53 Å². The zero-order valence-corrected chi connectivity index (χ0v) is 18.5. The molecule has 0 bridgehead atoms. The molecule has 0 aliphatic carbocycles. The third-order valence-electron chi connectivity index (χ3n) is 0.502. The Hall–Kier alpha value is 4.06. The van der Waals surface area contributed by atoms with Gasteiger partial charge in [-0.15, -0.1) is 0 Å². The maximum Gasteiger partial charge on any atom is 1.00 e. The standard InChI is InChI=1S/C6H10S3.2CH3.2K/c1-4-8-6(7)9-5(2)3;;;;/h4H,1-3H3;2*1H3;;/q-2;2*-1;2*+1. The van der Waals surface area contributed by atoms with Crippen LogP contribution >= 0.6 is 35.7 Å². The molecule has 0 aromatic rings. The number of thiocarbonyl (C=S) groups is 1. The summed E-state index contributed by atoms with van der Waals surface area (Å²) in [4.78, 5) is 0. The quantitative estimate of drug-likeness (QED) is 0.341. The molecule has 0 N–H and O–H groups in total. The van der Waals surface area contributed by atoms with Crippen molar-refractivity contribution in [3.63, 3.8) is 0 Å². The molecule has 0 heterocycles. The second-order valence-corrected chi connectivity index (χ2v) is 5.34. The van der Waals surface area contributed by atoms with Crippen molar-refractivity contribution in [2.24, 2.45) is 0 Å². The van der Waals surface area contributed by atoms with E-state index < -0.39 is 0 Å². The van der Waals surface area contributed by atoms with Crippen LogP contribution in [0.4, 0.5) is 0 Å². The smallest absolute Gasteiger partial charge is 0.358 e. The van der Waals surface area contributed by atoms with E-state index in [0.29, 0.717) is 0 Å². The van der Waals surface area contributed by atoms with Crippen LogP contribution in [0, 0.1) is 25.9 Å². The van der Waals surface area contributed by atoms with Crippen molar-refractivity contribution < 1.29 is 103 Å². The second-order valence-electron chi connectivity index (χ2n) is 1.61. The van der Waals surface area contributed by atoms with Crippen LogP contribution in [0.3, 0.4) is 0 Å². The predicted octanol–water partition coefficient (Wildman–Crippen LogP) is -1.60. The predicted molar refractivity (Wildman–Crippen MR) is 65.2 cm³/mol. The summed E-state index contributed by atoms with van der Waals surface area (Å²) in [5.41, 5.74) is 0. The molecule has 13 heavy (non-hydrogen) atoms. The minimum atomic E-state index is 0. The number of rotatable bonds is 2. The summed E-state index contributed by atoms with van der Waals surface area (Å²) < 4.78 is 0.984. The largest absolute Gasteiger partial charge is 1.00 e. The summed E-state index contributed by atoms with van der Waals surface area (Å²) in [6.07, 6.45) is 0. The number of thioether (sulfide) groups is 2. The van der Waals surface area contributed by atoms with E-state index in [0.717, 1.165) is 3.53 Å². The Morgan fingerprint density at radius 2 is 1.62 bits per heavy atom. The van der Waals surface area contributed by atoms with Gasteiger partial charge in [0.25, 0.3) is 0 Å². The summed E-state index contributed by atoms with van der Waals surface area (Å²) in [6, 6.07) is 0. The maximum absolute atomic E-state index is 5.00. The molecule has 0 aliphatic heterocycles. The minimum Gasteiger partial charge on any atom is -0.358 e. The average molecular weight is 287 g/mol. The molecule has 0 radical (unpaired) electrons. The van der Waals surface area contributed by atoms with Crippen molar-refractivity contribution in [1.29, 1.82) is 0 Å². The molecule has 70 valence electrons. The van der Waals surface area contributed by atoms with Gasteiger partial charge >= 0.3 is 103 Å². The Morgan fingerprint density at radius 3 is 1.85 bits per heavy atom. The fourth-order valence-electron chi connectivity index (χ4n) is 0.287. The van der Waals surface area contributed by atoms with E-state index in [1.807, 2.05) is 12.7 Å². The summed E-state index contributed by atoms with van der Waals surface area (Å²) in [5, 5.41) is 1.30. The second kappa shape index (κ2) is 21.4. The molecular formula is C8H16K2S3-2. The third-order valence-corrected chi connectivity index (χ3v) is 2.58. The molecule has 0 spiro atoms. The van der Waals surface area contributed by atoms with Crippen LogP contribution in [0.5, 0.6) is 0 Å². The fourth-order valence-corrected chi connectivity index (χ4v) is 2.58. The first-order valence-electron chi connectivity index (χ1n) is 2.63. The molecule has 0 saturated heterocycles. The van der Waals surface area contributed by atoms with Gasteiger partial charge in [-0.1, -0.05) is 12.2 Å². The molecule has 0 atom stereocenters. The SMILES string of the molecule is C[CH-]SC(=S)S[C-](C)C.[CH3-].[CH3-].[K+].[K+]. The van der Waals surface area contributed by atoms with Gasteiger partial charge in [-0.3, -0.25) is 22.8 Å². The van der Waals surface area contributed by atoms with Gasteiger partial charge in [0.15, 0.2) is 0 Å². The maximum atomic E-state index is 5.00. The van der Waals surface area contributed by atoms with Crippen LogP contribution in [0.15, 0.2) is 0 Å². The van der Waals surface area contributed by atoms with Crippen LogP contribution in [0.1, 0.15) is 20.8 Å². The Morgan fingerprint density at radius 1 is 1.23 bits per heavy atom. The van der Waals surface area contributed by atoms with Crippen molar-refractivity contribution in [1.82, 2.24) is 0 Å². The molecule has 0 aromatic carbocycles. The van der Waals surface area contributed by atoms with E-state index in [9.17, 15) is 0 Å². The van der Waals surface area contributed by atoms with Crippen LogP contribution in [-0.2, 0) is 0 Å². The zero-order chi connectivity index (χ0) is 7.28. The van der Waals surface area contributed by atoms with E-state index in [2.05, 4.69) is 13.8 Å². The molecule has 5 heteroatoms. The molecular weight excluding hydrogens is 270 g/mol. The number of hydrogen-bond acceptors (Lipinski definition) is 3. The van der Waals surface area contributed by atoms with Gasteiger partial charge < -0.3 is 26.6 Å². The van der Waals surface area contributed by atoms with Crippen LogP contribution < -0.4 is 103 Å². The molecule has 0 aliphatic rings. The molecule has 0 saturated carbocycles. The molecule has 0 amide bonds. The van der Waals surface area contributed by atoms with Crippen molar-refractivity contribution in [2.75, 3.05) is 0 Å². The van der Waals surface area contributed by atoms with Crippen molar-refractivity contribution in [3.8, 4) is 0 Å². The van der Waals surface area contributed by atoms with E-state index in [1.165, 1.54) is 5.25 Å². The van der Waals surface area contributed by atoms with Crippen LogP contribution in [0.25, 0.3) is 0 Å². The summed E-state index contributed by atoms with van der Waals surface area (Å²) in [5.74, 6) is 2.00. The van der Waals surface area contributed by atoms with Gasteiger partial charge in [-0.2, -0.15) is 20.8 Å². The average Bonchev–Trinajstić information content (AvgIpc) is 1.63. The topological polar surface area (TPSA) is 0 Å². The molecule has 0 rings (SSSR count). The Labute approximate surface area is 184 Å². The summed E-state index contributed by atoms with van der Waals surface area (Å²) in [7, 11) is 0. The molecule has 0 fully saturated rings. The summed E-state index contributed by atoms with van der Waals surface area (Å²) in [6.45, 7) is 6.11. The monoisotopic (exact) mass is 286 g/mol. The van der Waals surface area contributed by atoms with Gasteiger partial charge in [0.05, 0.1) is 0 Å². The Bertz CT molecular complexity index is 97.4. The normalized spacial score (nSPS) is 7.08. The molecule has 0 aromatic heterocycles. The van der Waals surface area contributed by atoms with Crippen molar-refractivity contribution >= 4 is 39.3 Å². The van der Waals surface area contributed by atoms with E-state index in [1.54, 1.807) is 23.5 Å². The van der Waals surface area contributed by atoms with Gasteiger partial charge in [-0.05, 0) is 0 Å². The van der Waals surface area contributed by atoms with E-state index in [-0.39, 0.29) is 118 Å². The molecule has 0 nitrogen and oxygen atoms in total. The first-order chi connectivity index (χ1) is 4.16. The van der Waals surface area contributed by atoms with Gasteiger partial charge in [-0.25, -0.2) is 0 Å². The zero-order valence-electron chi connectivity index (χ0n) is 9.80. The van der Waals surface area contributed by atoms with Crippen molar-refractivity contribution in [2.45, 2.75) is 20.8 Å². The van der Waals surface area contributed by atoms with Gasteiger partial charge in [0.1, 0.15) is 0 Å². The first kappa shape index (κ1) is 30.3. The van der Waals surface area contributed by atoms with Crippen molar-refractivity contribution in [3.05, 3.63) is 25.9 Å². The number of hydrogen-bond donors (Lipinski definition) is 0. The Balaban J connectivity index is -0.0000000533. The van der Waals surface area contributed by atoms with Crippen LogP contribution in [0.2, 0.25) is 0 Å². The minimum absolute atomic E-state index is 0. The summed E-state index contributed by atoms with van der Waals surface area (Å²) >= 11 is 8.27. The van der Waals surface area contributed by atoms with Crippen LogP contribution in [-0.4, -0.2) is 3.53 Å².